The first kappa shape index (κ1) is 12.9. The number of halogens is 2. The minimum absolute atomic E-state index is 0.228. The van der Waals surface area contributed by atoms with E-state index in [4.69, 9.17) is 27.9 Å². The highest BCUT2D eigenvalue weighted by Gasteiger charge is 2.08. The molecule has 4 nitrogen and oxygen atoms in total. The molecule has 0 aliphatic rings. The van der Waals surface area contributed by atoms with E-state index in [0.29, 0.717) is 33.6 Å². The van der Waals surface area contributed by atoms with Crippen molar-refractivity contribution in [3.63, 3.8) is 0 Å². The Morgan fingerprint density at radius 3 is 2.83 bits per heavy atom. The third kappa shape index (κ3) is 2.66. The molecule has 2 aromatic rings. The summed E-state index contributed by atoms with van der Waals surface area (Å²) in [5, 5.41) is 1.02. The van der Waals surface area contributed by atoms with Crippen molar-refractivity contribution in [2.45, 2.75) is 6.61 Å². The number of benzene rings is 1. The first-order valence-electron chi connectivity index (χ1n) is 5.15. The van der Waals surface area contributed by atoms with Crippen molar-refractivity contribution < 1.29 is 9.53 Å². The molecule has 0 unspecified atom stereocenters. The van der Waals surface area contributed by atoms with Gasteiger partial charge in [-0.15, -0.1) is 0 Å². The number of aldehydes is 1. The Balaban J connectivity index is 2.15. The van der Waals surface area contributed by atoms with Crippen LogP contribution >= 0.6 is 23.2 Å². The number of hydrogen-bond donors (Lipinski definition) is 0. The molecule has 0 bridgehead atoms. The fraction of sp³-hybridized carbons (Fsp3) is 0.167. The van der Waals surface area contributed by atoms with Crippen LogP contribution in [0, 0.1) is 0 Å². The molecule has 0 atom stereocenters. The van der Waals surface area contributed by atoms with Gasteiger partial charge in [0.25, 0.3) is 0 Å². The summed E-state index contributed by atoms with van der Waals surface area (Å²) in [6.45, 7) is 0.228. The van der Waals surface area contributed by atoms with Crippen LogP contribution in [0.5, 0.6) is 5.75 Å². The Kier molecular flexibility index (Phi) is 3.89. The lowest BCUT2D eigenvalue weighted by Crippen LogP contribution is -2.04. The van der Waals surface area contributed by atoms with Crippen molar-refractivity contribution in [3.05, 3.63) is 46.0 Å². The van der Waals surface area contributed by atoms with Gasteiger partial charge in [-0.2, -0.15) is 0 Å². The van der Waals surface area contributed by atoms with E-state index in [0.717, 1.165) is 0 Å². The molecule has 0 saturated carbocycles. The van der Waals surface area contributed by atoms with Gasteiger partial charge in [-0.05, 0) is 18.2 Å². The molecular formula is C12H10Cl2N2O2. The number of ether oxygens (including phenoxy) is 1. The summed E-state index contributed by atoms with van der Waals surface area (Å²) >= 11 is 11.7. The number of rotatable bonds is 4. The van der Waals surface area contributed by atoms with E-state index in [9.17, 15) is 4.79 Å². The Labute approximate surface area is 114 Å². The summed E-state index contributed by atoms with van der Waals surface area (Å²) in [6, 6.07) is 4.86. The predicted octanol–water partition coefficient (Wildman–Crippen LogP) is 3.12. The number of nitrogens with zero attached hydrogens (tertiary/aromatic N) is 2. The zero-order valence-electron chi connectivity index (χ0n) is 9.56. The normalized spacial score (nSPS) is 10.4. The molecule has 0 aliphatic heterocycles. The lowest BCUT2D eigenvalue weighted by atomic mass is 10.2. The molecule has 94 valence electrons. The average Bonchev–Trinajstić information content (AvgIpc) is 2.68. The summed E-state index contributed by atoms with van der Waals surface area (Å²) < 4.78 is 7.24. The fourth-order valence-corrected chi connectivity index (χ4v) is 1.77. The number of aromatic nitrogens is 2. The number of carbonyl (C=O) groups excluding carboxylic acids is 1. The second-order valence-electron chi connectivity index (χ2n) is 3.64. The van der Waals surface area contributed by atoms with Gasteiger partial charge in [0.05, 0.1) is 11.8 Å². The zero-order valence-corrected chi connectivity index (χ0v) is 11.1. The van der Waals surface area contributed by atoms with Crippen molar-refractivity contribution in [2.75, 3.05) is 0 Å². The molecule has 0 fully saturated rings. The van der Waals surface area contributed by atoms with Crippen molar-refractivity contribution >= 4 is 29.5 Å². The van der Waals surface area contributed by atoms with Gasteiger partial charge >= 0.3 is 0 Å². The van der Waals surface area contributed by atoms with Gasteiger partial charge in [0, 0.05) is 12.1 Å². The molecule has 18 heavy (non-hydrogen) atoms. The third-order valence-corrected chi connectivity index (χ3v) is 3.07. The summed E-state index contributed by atoms with van der Waals surface area (Å²) in [5.41, 5.74) is 0.405. The molecule has 6 heteroatoms. The summed E-state index contributed by atoms with van der Waals surface area (Å²) in [7, 11) is 1.79. The van der Waals surface area contributed by atoms with Crippen molar-refractivity contribution in [1.82, 2.24) is 9.55 Å². The van der Waals surface area contributed by atoms with Gasteiger partial charge in [0.2, 0.25) is 0 Å². The molecule has 0 amide bonds. The second kappa shape index (κ2) is 5.42. The number of carbonyl (C=O) groups is 1. The van der Waals surface area contributed by atoms with Gasteiger partial charge in [-0.25, -0.2) is 4.98 Å². The number of imidazole rings is 1. The van der Waals surface area contributed by atoms with E-state index >= 15 is 0 Å². The average molecular weight is 285 g/mol. The minimum Gasteiger partial charge on any atom is -0.485 e. The highest BCUT2D eigenvalue weighted by atomic mass is 35.5. The summed E-state index contributed by atoms with van der Waals surface area (Å²) in [6.07, 6.45) is 2.25. The van der Waals surface area contributed by atoms with Gasteiger partial charge in [0.15, 0.2) is 6.29 Å². The van der Waals surface area contributed by atoms with E-state index in [1.807, 2.05) is 0 Å². The van der Waals surface area contributed by atoms with Gasteiger partial charge in [-0.3, -0.25) is 4.79 Å². The maximum Gasteiger partial charge on any atom is 0.153 e. The van der Waals surface area contributed by atoms with Crippen molar-refractivity contribution in [1.29, 1.82) is 0 Å². The summed E-state index contributed by atoms with van der Waals surface area (Å²) in [5.74, 6) is 1.14. The van der Waals surface area contributed by atoms with Gasteiger partial charge in [-0.1, -0.05) is 23.2 Å². The first-order valence-corrected chi connectivity index (χ1v) is 5.91. The molecular weight excluding hydrogens is 275 g/mol. The predicted molar refractivity (Wildman–Crippen MR) is 69.4 cm³/mol. The topological polar surface area (TPSA) is 44.1 Å². The van der Waals surface area contributed by atoms with Crippen LogP contribution < -0.4 is 4.74 Å². The quantitative estimate of drug-likeness (QED) is 0.811. The lowest BCUT2D eigenvalue weighted by Gasteiger charge is -2.08. The van der Waals surface area contributed by atoms with E-state index in [1.165, 1.54) is 0 Å². The number of hydrogen-bond acceptors (Lipinski definition) is 3. The molecule has 0 spiro atoms. The Hall–Kier alpha value is -1.52. The Morgan fingerprint density at radius 1 is 1.44 bits per heavy atom. The van der Waals surface area contributed by atoms with E-state index in [2.05, 4.69) is 4.98 Å². The second-order valence-corrected chi connectivity index (χ2v) is 4.47. The van der Waals surface area contributed by atoms with Crippen LogP contribution in [0.2, 0.25) is 10.2 Å². The highest BCUT2D eigenvalue weighted by molar-refractivity contribution is 6.31. The maximum atomic E-state index is 10.9. The highest BCUT2D eigenvalue weighted by Crippen LogP contribution is 2.22. The van der Waals surface area contributed by atoms with Crippen LogP contribution in [0.1, 0.15) is 16.2 Å². The molecule has 0 radical (unpaired) electrons. The smallest absolute Gasteiger partial charge is 0.153 e. The van der Waals surface area contributed by atoms with Crippen LogP contribution in [-0.2, 0) is 13.7 Å². The van der Waals surface area contributed by atoms with Gasteiger partial charge < -0.3 is 9.30 Å². The molecule has 0 aliphatic carbocycles. The molecule has 2 rings (SSSR count). The van der Waals surface area contributed by atoms with Crippen LogP contribution in [0.4, 0.5) is 0 Å². The molecule has 1 heterocycles. The summed E-state index contributed by atoms with van der Waals surface area (Å²) in [4.78, 5) is 15.0. The van der Waals surface area contributed by atoms with Crippen LogP contribution in [0.3, 0.4) is 0 Å². The Bertz CT molecular complexity index is 581. The van der Waals surface area contributed by atoms with Crippen LogP contribution in [0.25, 0.3) is 0 Å². The lowest BCUT2D eigenvalue weighted by molar-refractivity contribution is 0.111. The van der Waals surface area contributed by atoms with Crippen LogP contribution in [-0.4, -0.2) is 15.8 Å². The minimum atomic E-state index is 0.228. The fourth-order valence-electron chi connectivity index (χ4n) is 1.44. The van der Waals surface area contributed by atoms with E-state index in [1.54, 1.807) is 36.0 Å². The molecule has 1 aromatic carbocycles. The van der Waals surface area contributed by atoms with Crippen molar-refractivity contribution in [2.24, 2.45) is 7.05 Å². The van der Waals surface area contributed by atoms with E-state index in [-0.39, 0.29) is 6.61 Å². The molecule has 1 aromatic heterocycles. The molecule has 0 saturated heterocycles. The van der Waals surface area contributed by atoms with Gasteiger partial charge in [0.1, 0.15) is 23.3 Å². The standard InChI is InChI=1S/C12H10Cl2N2O2/c1-16-11(14)5-15-12(16)7-18-10-3-2-9(13)4-8(10)6-17/h2-6H,7H2,1H3. The SMILES string of the molecule is Cn1c(Cl)cnc1COc1ccc(Cl)cc1C=O. The first-order chi connectivity index (χ1) is 8.61. The third-order valence-electron chi connectivity index (χ3n) is 2.48. The van der Waals surface area contributed by atoms with E-state index < -0.39 is 0 Å². The zero-order chi connectivity index (χ0) is 13.1. The van der Waals surface area contributed by atoms with Crippen LogP contribution in [0.15, 0.2) is 24.4 Å². The molecule has 0 N–H and O–H groups in total. The maximum absolute atomic E-state index is 10.9. The largest absolute Gasteiger partial charge is 0.485 e. The Morgan fingerprint density at radius 2 is 2.22 bits per heavy atom. The van der Waals surface area contributed by atoms with Crippen molar-refractivity contribution in [3.8, 4) is 5.75 Å². The monoisotopic (exact) mass is 284 g/mol.